The second-order valence-electron chi connectivity index (χ2n) is 3.11. The predicted octanol–water partition coefficient (Wildman–Crippen LogP) is 2.00. The summed E-state index contributed by atoms with van der Waals surface area (Å²) in [4.78, 5) is 24.0. The van der Waals surface area contributed by atoms with Gasteiger partial charge in [-0.2, -0.15) is 0 Å². The first kappa shape index (κ1) is 14.9. The number of esters is 1. The van der Waals surface area contributed by atoms with Crippen molar-refractivity contribution in [3.63, 3.8) is 0 Å². The van der Waals surface area contributed by atoms with Crippen molar-refractivity contribution < 1.29 is 36.2 Å². The molecule has 19 heavy (non-hydrogen) atoms. The molecule has 0 fully saturated rings. The first-order valence-electron chi connectivity index (χ1n) is 4.55. The number of nitrogens with one attached hydrogen (secondary N) is 1. The minimum absolute atomic E-state index is 0.527. The van der Waals surface area contributed by atoms with Crippen LogP contribution in [0.3, 0.4) is 0 Å². The number of carbonyl (C=O) groups is 1. The van der Waals surface area contributed by atoms with Gasteiger partial charge in [-0.15, -0.1) is 13.2 Å². The topological polar surface area (TPSA) is 68.4 Å². The number of ether oxygens (including phenoxy) is 2. The van der Waals surface area contributed by atoms with E-state index in [0.29, 0.717) is 6.20 Å². The van der Waals surface area contributed by atoms with E-state index in [1.165, 1.54) is 0 Å². The molecule has 0 bridgehead atoms. The Hall–Kier alpha value is -2.13. The number of alkyl halides is 5. The van der Waals surface area contributed by atoms with Gasteiger partial charge >= 0.3 is 12.3 Å². The molecule has 1 aromatic heterocycles. The van der Waals surface area contributed by atoms with E-state index in [9.17, 15) is 31.5 Å². The van der Waals surface area contributed by atoms with Crippen molar-refractivity contribution in [3.05, 3.63) is 27.7 Å². The van der Waals surface area contributed by atoms with E-state index in [-0.39, 0.29) is 0 Å². The number of pyridine rings is 1. The third kappa shape index (κ3) is 3.42. The summed E-state index contributed by atoms with van der Waals surface area (Å²) >= 11 is 0. The molecular weight excluding hydrogens is 281 g/mol. The van der Waals surface area contributed by atoms with Crippen molar-refractivity contribution in [2.24, 2.45) is 0 Å². The van der Waals surface area contributed by atoms with Crippen LogP contribution in [0.2, 0.25) is 0 Å². The Balaban J connectivity index is 3.51. The third-order valence-corrected chi connectivity index (χ3v) is 1.93. The van der Waals surface area contributed by atoms with Crippen LogP contribution in [-0.2, 0) is 4.74 Å². The van der Waals surface area contributed by atoms with Crippen LogP contribution in [-0.4, -0.2) is 24.4 Å². The third-order valence-electron chi connectivity index (χ3n) is 1.93. The fraction of sp³-hybridized carbons (Fsp3) is 0.333. The lowest BCUT2D eigenvalue weighted by Crippen LogP contribution is -2.26. The monoisotopic (exact) mass is 287 g/mol. The highest BCUT2D eigenvalue weighted by Crippen LogP contribution is 2.32. The Kier molecular flexibility index (Phi) is 4.12. The Morgan fingerprint density at radius 1 is 1.37 bits per heavy atom. The van der Waals surface area contributed by atoms with Crippen molar-refractivity contribution in [1.82, 2.24) is 4.98 Å². The van der Waals surface area contributed by atoms with Crippen LogP contribution in [0.15, 0.2) is 11.0 Å². The van der Waals surface area contributed by atoms with Crippen LogP contribution in [0, 0.1) is 0 Å². The van der Waals surface area contributed by atoms with Crippen molar-refractivity contribution in [2.75, 3.05) is 7.11 Å². The van der Waals surface area contributed by atoms with E-state index in [1.54, 1.807) is 4.98 Å². The van der Waals surface area contributed by atoms with Crippen molar-refractivity contribution in [2.45, 2.75) is 12.8 Å². The number of hydrogen-bond acceptors (Lipinski definition) is 4. The summed E-state index contributed by atoms with van der Waals surface area (Å²) < 4.78 is 68.9. The number of methoxy groups -OCH3 is 1. The van der Waals surface area contributed by atoms with Gasteiger partial charge in [0, 0.05) is 6.20 Å². The van der Waals surface area contributed by atoms with Crippen LogP contribution in [0.5, 0.6) is 5.75 Å². The zero-order valence-electron chi connectivity index (χ0n) is 9.18. The lowest BCUT2D eigenvalue weighted by Gasteiger charge is -2.14. The SMILES string of the molecule is COC(=O)c1c[nH]c(=O)c(OC(F)(F)F)c1C(F)F. The molecule has 1 heterocycles. The number of rotatable bonds is 3. The Labute approximate surface area is 101 Å². The van der Waals surface area contributed by atoms with Gasteiger partial charge in [-0.05, 0) is 0 Å². The second-order valence-corrected chi connectivity index (χ2v) is 3.11. The number of hydrogen-bond donors (Lipinski definition) is 1. The van der Waals surface area contributed by atoms with Crippen molar-refractivity contribution in [1.29, 1.82) is 0 Å². The summed E-state index contributed by atoms with van der Waals surface area (Å²) in [6.07, 6.45) is -8.36. The quantitative estimate of drug-likeness (QED) is 0.682. The van der Waals surface area contributed by atoms with Crippen LogP contribution < -0.4 is 10.3 Å². The Bertz CT molecular complexity index is 536. The van der Waals surface area contributed by atoms with Gasteiger partial charge in [-0.25, -0.2) is 13.6 Å². The largest absolute Gasteiger partial charge is 0.573 e. The summed E-state index contributed by atoms with van der Waals surface area (Å²) in [5, 5.41) is 0. The maximum absolute atomic E-state index is 12.7. The van der Waals surface area contributed by atoms with E-state index in [0.717, 1.165) is 7.11 Å². The first-order valence-corrected chi connectivity index (χ1v) is 4.55. The minimum Gasteiger partial charge on any atom is -0.465 e. The highest BCUT2D eigenvalue weighted by molar-refractivity contribution is 5.91. The molecule has 0 saturated heterocycles. The summed E-state index contributed by atoms with van der Waals surface area (Å²) in [7, 11) is 0.840. The molecular formula is C9H6F5NO4. The first-order chi connectivity index (χ1) is 8.67. The molecule has 0 aliphatic carbocycles. The smallest absolute Gasteiger partial charge is 0.465 e. The molecule has 0 radical (unpaired) electrons. The number of aromatic nitrogens is 1. The zero-order chi connectivity index (χ0) is 14.8. The van der Waals surface area contributed by atoms with E-state index in [2.05, 4.69) is 9.47 Å². The Morgan fingerprint density at radius 2 is 1.95 bits per heavy atom. The fourth-order valence-electron chi connectivity index (χ4n) is 1.24. The maximum atomic E-state index is 12.7. The number of aromatic amines is 1. The van der Waals surface area contributed by atoms with Gasteiger partial charge in [0.2, 0.25) is 5.75 Å². The van der Waals surface area contributed by atoms with E-state index < -0.39 is 41.2 Å². The van der Waals surface area contributed by atoms with E-state index >= 15 is 0 Å². The summed E-state index contributed by atoms with van der Waals surface area (Å²) in [5.74, 6) is -3.02. The molecule has 10 heteroatoms. The molecule has 5 nitrogen and oxygen atoms in total. The van der Waals surface area contributed by atoms with Crippen LogP contribution in [0.4, 0.5) is 22.0 Å². The summed E-state index contributed by atoms with van der Waals surface area (Å²) in [6, 6.07) is 0. The van der Waals surface area contributed by atoms with Gasteiger partial charge in [-0.1, -0.05) is 0 Å². The average Bonchev–Trinajstić information content (AvgIpc) is 2.28. The van der Waals surface area contributed by atoms with Gasteiger partial charge in [0.05, 0.1) is 18.2 Å². The van der Waals surface area contributed by atoms with Crippen molar-refractivity contribution >= 4 is 5.97 Å². The highest BCUT2D eigenvalue weighted by Gasteiger charge is 2.36. The minimum atomic E-state index is -5.36. The molecule has 0 saturated carbocycles. The molecule has 0 amide bonds. The van der Waals surface area contributed by atoms with Gasteiger partial charge in [-0.3, -0.25) is 4.79 Å². The second kappa shape index (κ2) is 5.24. The maximum Gasteiger partial charge on any atom is 0.573 e. The van der Waals surface area contributed by atoms with Gasteiger partial charge < -0.3 is 14.5 Å². The normalized spacial score (nSPS) is 11.5. The van der Waals surface area contributed by atoms with Crippen LogP contribution >= 0.6 is 0 Å². The number of H-pyrrole nitrogens is 1. The highest BCUT2D eigenvalue weighted by atomic mass is 19.4. The molecule has 0 unspecified atom stereocenters. The molecule has 1 N–H and O–H groups in total. The van der Waals surface area contributed by atoms with Crippen molar-refractivity contribution in [3.8, 4) is 5.75 Å². The zero-order valence-corrected chi connectivity index (χ0v) is 9.18. The summed E-state index contributed by atoms with van der Waals surface area (Å²) in [6.45, 7) is 0. The lowest BCUT2D eigenvalue weighted by atomic mass is 10.1. The molecule has 0 spiro atoms. The number of carbonyl (C=O) groups excluding carboxylic acids is 1. The van der Waals surface area contributed by atoms with Gasteiger partial charge in [0.25, 0.3) is 12.0 Å². The Morgan fingerprint density at radius 3 is 2.37 bits per heavy atom. The number of halogens is 5. The molecule has 106 valence electrons. The molecule has 1 rings (SSSR count). The fourth-order valence-corrected chi connectivity index (χ4v) is 1.24. The van der Waals surface area contributed by atoms with E-state index in [4.69, 9.17) is 0 Å². The van der Waals surface area contributed by atoms with Crippen LogP contribution in [0.25, 0.3) is 0 Å². The summed E-state index contributed by atoms with van der Waals surface area (Å²) in [5.41, 5.74) is -3.94. The average molecular weight is 287 g/mol. The molecule has 0 atom stereocenters. The van der Waals surface area contributed by atoms with E-state index in [1.807, 2.05) is 0 Å². The molecule has 0 aliphatic heterocycles. The molecule has 1 aromatic rings. The molecule has 0 aromatic carbocycles. The van der Waals surface area contributed by atoms with Crippen LogP contribution in [0.1, 0.15) is 22.3 Å². The standard InChI is InChI=1S/C9H6F5NO4/c1-18-8(17)3-2-15-7(16)5(4(3)6(10)11)19-9(12,13)14/h2,6H,1H3,(H,15,16). The van der Waals surface area contributed by atoms with Gasteiger partial charge in [0.1, 0.15) is 0 Å². The predicted molar refractivity (Wildman–Crippen MR) is 50.0 cm³/mol. The lowest BCUT2D eigenvalue weighted by molar-refractivity contribution is -0.275. The van der Waals surface area contributed by atoms with Gasteiger partial charge in [0.15, 0.2) is 0 Å². The molecule has 0 aliphatic rings.